The van der Waals surface area contributed by atoms with Crippen LogP contribution < -0.4 is 5.73 Å². The maximum atomic E-state index is 12.9. The molecule has 1 spiro atoms. The molecule has 0 radical (unpaired) electrons. The lowest BCUT2D eigenvalue weighted by molar-refractivity contribution is -0.136. The van der Waals surface area contributed by atoms with E-state index in [4.69, 9.17) is 5.73 Å². The van der Waals surface area contributed by atoms with Crippen LogP contribution in [0.1, 0.15) is 51.0 Å². The van der Waals surface area contributed by atoms with Crippen LogP contribution in [0.2, 0.25) is 0 Å². The minimum Gasteiger partial charge on any atom is -0.340 e. The summed E-state index contributed by atoms with van der Waals surface area (Å²) in [5.41, 5.74) is 6.76. The highest BCUT2D eigenvalue weighted by Crippen LogP contribution is 2.44. The molecule has 1 atom stereocenters. The maximum Gasteiger partial charge on any atom is 0.246 e. The summed E-state index contributed by atoms with van der Waals surface area (Å²) in [7, 11) is 0. The molecule has 0 aromatic heterocycles. The molecule has 2 aliphatic rings. The third-order valence-corrected chi connectivity index (χ3v) is 5.46. The van der Waals surface area contributed by atoms with Gasteiger partial charge in [0, 0.05) is 13.1 Å². The Hall–Kier alpha value is -1.35. The first-order chi connectivity index (χ1) is 10.0. The largest absolute Gasteiger partial charge is 0.340 e. The number of nitrogens with zero attached hydrogens (tertiary/aromatic N) is 1. The molecule has 3 nitrogen and oxygen atoms in total. The van der Waals surface area contributed by atoms with Crippen LogP contribution >= 0.6 is 0 Å². The molecule has 2 N–H and O–H groups in total. The summed E-state index contributed by atoms with van der Waals surface area (Å²) >= 11 is 0. The molecule has 1 saturated heterocycles. The minimum atomic E-state index is -0.915. The van der Waals surface area contributed by atoms with Crippen molar-refractivity contribution in [2.24, 2.45) is 11.1 Å². The molecule has 1 aliphatic carbocycles. The number of amides is 1. The molecule has 1 aliphatic heterocycles. The van der Waals surface area contributed by atoms with Crippen LogP contribution in [-0.2, 0) is 10.3 Å². The summed E-state index contributed by atoms with van der Waals surface area (Å²) in [6, 6.07) is 9.74. The third-order valence-electron chi connectivity index (χ3n) is 5.46. The predicted molar refractivity (Wildman–Crippen MR) is 84.7 cm³/mol. The van der Waals surface area contributed by atoms with Gasteiger partial charge in [0.25, 0.3) is 0 Å². The second-order valence-electron chi connectivity index (χ2n) is 7.11. The van der Waals surface area contributed by atoms with E-state index in [1.54, 1.807) is 0 Å². The Bertz CT molecular complexity index is 503. The number of benzene rings is 1. The smallest absolute Gasteiger partial charge is 0.246 e. The van der Waals surface area contributed by atoms with E-state index in [0.29, 0.717) is 5.41 Å². The van der Waals surface area contributed by atoms with Gasteiger partial charge in [-0.3, -0.25) is 4.79 Å². The van der Waals surface area contributed by atoms with E-state index in [0.717, 1.165) is 25.1 Å². The van der Waals surface area contributed by atoms with Gasteiger partial charge in [-0.05, 0) is 37.2 Å². The van der Waals surface area contributed by atoms with E-state index in [1.165, 1.54) is 32.1 Å². The van der Waals surface area contributed by atoms with Crippen molar-refractivity contribution in [3.05, 3.63) is 35.9 Å². The molecule has 114 valence electrons. The molecule has 2 fully saturated rings. The molecule has 3 heteroatoms. The summed E-state index contributed by atoms with van der Waals surface area (Å²) in [4.78, 5) is 14.9. The molecular formula is C18H26N2O. The van der Waals surface area contributed by atoms with Crippen molar-refractivity contribution in [3.63, 3.8) is 0 Å². The topological polar surface area (TPSA) is 46.3 Å². The highest BCUT2D eigenvalue weighted by Gasteiger charge is 2.44. The predicted octanol–water partition coefficient (Wildman–Crippen LogP) is 3.04. The summed E-state index contributed by atoms with van der Waals surface area (Å²) in [6.45, 7) is 3.63. The van der Waals surface area contributed by atoms with Crippen LogP contribution in [0.5, 0.6) is 0 Å². The van der Waals surface area contributed by atoms with Gasteiger partial charge in [0.1, 0.15) is 5.54 Å². The van der Waals surface area contributed by atoms with Gasteiger partial charge in [0.2, 0.25) is 5.91 Å². The van der Waals surface area contributed by atoms with E-state index in [1.807, 2.05) is 42.2 Å². The first kappa shape index (κ1) is 14.6. The van der Waals surface area contributed by atoms with E-state index in [9.17, 15) is 4.79 Å². The van der Waals surface area contributed by atoms with Gasteiger partial charge in [-0.2, -0.15) is 0 Å². The van der Waals surface area contributed by atoms with Gasteiger partial charge < -0.3 is 10.6 Å². The Morgan fingerprint density at radius 3 is 2.48 bits per heavy atom. The fraction of sp³-hybridized carbons (Fsp3) is 0.611. The lowest BCUT2D eigenvalue weighted by Crippen LogP contribution is -2.50. The Kier molecular flexibility index (Phi) is 3.78. The van der Waals surface area contributed by atoms with E-state index in [-0.39, 0.29) is 5.91 Å². The summed E-state index contributed by atoms with van der Waals surface area (Å²) in [5, 5.41) is 0. The molecule has 0 bridgehead atoms. The van der Waals surface area contributed by atoms with Gasteiger partial charge >= 0.3 is 0 Å². The summed E-state index contributed by atoms with van der Waals surface area (Å²) < 4.78 is 0. The highest BCUT2D eigenvalue weighted by atomic mass is 16.2. The van der Waals surface area contributed by atoms with Gasteiger partial charge in [-0.25, -0.2) is 0 Å². The number of hydrogen-bond acceptors (Lipinski definition) is 2. The van der Waals surface area contributed by atoms with E-state index >= 15 is 0 Å². The fourth-order valence-electron chi connectivity index (χ4n) is 4.05. The van der Waals surface area contributed by atoms with E-state index in [2.05, 4.69) is 0 Å². The summed E-state index contributed by atoms with van der Waals surface area (Å²) in [5.74, 6) is 0.0798. The number of carbonyl (C=O) groups excluding carboxylic acids is 1. The molecule has 1 aromatic carbocycles. The third kappa shape index (κ3) is 2.71. The minimum absolute atomic E-state index is 0.0798. The Morgan fingerprint density at radius 1 is 1.14 bits per heavy atom. The number of hydrogen-bond donors (Lipinski definition) is 1. The molecular weight excluding hydrogens is 260 g/mol. The first-order valence-electron chi connectivity index (χ1n) is 8.17. The van der Waals surface area contributed by atoms with Gasteiger partial charge in [-0.15, -0.1) is 0 Å². The molecule has 1 saturated carbocycles. The molecule has 21 heavy (non-hydrogen) atoms. The van der Waals surface area contributed by atoms with Crippen LogP contribution in [0.3, 0.4) is 0 Å². The Labute approximate surface area is 127 Å². The van der Waals surface area contributed by atoms with Gasteiger partial charge in [0.15, 0.2) is 0 Å². The highest BCUT2D eigenvalue weighted by molar-refractivity contribution is 5.87. The van der Waals surface area contributed by atoms with Crippen molar-refractivity contribution in [1.82, 2.24) is 4.90 Å². The molecule has 1 aromatic rings. The van der Waals surface area contributed by atoms with Crippen molar-refractivity contribution in [2.45, 2.75) is 51.0 Å². The lowest BCUT2D eigenvalue weighted by atomic mass is 9.73. The van der Waals surface area contributed by atoms with Crippen molar-refractivity contribution in [2.75, 3.05) is 13.1 Å². The van der Waals surface area contributed by atoms with Gasteiger partial charge in [-0.1, -0.05) is 49.6 Å². The van der Waals surface area contributed by atoms with E-state index < -0.39 is 5.54 Å². The SMILES string of the molecule is CC(N)(C(=O)N1CCC2(CCCCC2)C1)c1ccccc1. The van der Waals surface area contributed by atoms with Crippen molar-refractivity contribution in [3.8, 4) is 0 Å². The first-order valence-corrected chi connectivity index (χ1v) is 8.17. The zero-order valence-electron chi connectivity index (χ0n) is 13.0. The second-order valence-corrected chi connectivity index (χ2v) is 7.11. The number of nitrogens with two attached hydrogens (primary N) is 1. The standard InChI is InChI=1S/C18H26N2O/c1-17(19,15-8-4-2-5-9-15)16(21)20-13-12-18(14-20)10-6-3-7-11-18/h2,4-5,8-9H,3,6-7,10-14,19H2,1H3. The molecule has 3 rings (SSSR count). The van der Waals surface area contributed by atoms with Gasteiger partial charge in [0.05, 0.1) is 0 Å². The summed E-state index contributed by atoms with van der Waals surface area (Å²) in [6.07, 6.45) is 7.71. The van der Waals surface area contributed by atoms with Crippen molar-refractivity contribution < 1.29 is 4.79 Å². The van der Waals surface area contributed by atoms with Crippen LogP contribution in [0.4, 0.5) is 0 Å². The van der Waals surface area contributed by atoms with Crippen molar-refractivity contribution >= 4 is 5.91 Å². The molecule has 1 heterocycles. The number of rotatable bonds is 2. The lowest BCUT2D eigenvalue weighted by Gasteiger charge is -2.35. The molecule has 1 amide bonds. The van der Waals surface area contributed by atoms with Crippen molar-refractivity contribution in [1.29, 1.82) is 0 Å². The van der Waals surface area contributed by atoms with Crippen LogP contribution in [0.25, 0.3) is 0 Å². The van der Waals surface area contributed by atoms with Crippen LogP contribution in [0, 0.1) is 5.41 Å². The Morgan fingerprint density at radius 2 is 1.81 bits per heavy atom. The number of likely N-dealkylation sites (tertiary alicyclic amines) is 1. The second kappa shape index (κ2) is 5.45. The normalized spacial score (nSPS) is 24.0. The van der Waals surface area contributed by atoms with Crippen LogP contribution in [-0.4, -0.2) is 23.9 Å². The molecule has 1 unspecified atom stereocenters. The quantitative estimate of drug-likeness (QED) is 0.908. The average Bonchev–Trinajstić information content (AvgIpc) is 2.91. The zero-order valence-corrected chi connectivity index (χ0v) is 13.0. The van der Waals surface area contributed by atoms with Crippen LogP contribution in [0.15, 0.2) is 30.3 Å². The zero-order chi connectivity index (χ0) is 14.9. The maximum absolute atomic E-state index is 12.9. The average molecular weight is 286 g/mol. The monoisotopic (exact) mass is 286 g/mol. The fourth-order valence-corrected chi connectivity index (χ4v) is 4.05. The Balaban J connectivity index is 1.74. The number of carbonyl (C=O) groups is 1.